The smallest absolute Gasteiger partial charge is 0.299 e. The Labute approximate surface area is 204 Å². The minimum absolute atomic E-state index is 0.0679. The number of rotatable bonds is 9. The number of nitrogens with zero attached hydrogens (tertiary/aromatic N) is 4. The third-order valence-corrected chi connectivity index (χ3v) is 5.95. The number of halogens is 2. The second kappa shape index (κ2) is 10.2. The fourth-order valence-corrected chi connectivity index (χ4v) is 4.10. The quantitative estimate of drug-likeness (QED) is 0.147. The van der Waals surface area contributed by atoms with Crippen LogP contribution in [-0.2, 0) is 4.74 Å². The highest BCUT2D eigenvalue weighted by atomic mass is 79.9. The first-order valence-corrected chi connectivity index (χ1v) is 11.6. The van der Waals surface area contributed by atoms with Crippen molar-refractivity contribution < 1.29 is 14.1 Å². The molecule has 0 saturated heterocycles. The number of allylic oxidation sites excluding steroid dienone is 2. The largest absolute Gasteiger partial charge is 0.492 e. The highest BCUT2D eigenvalue weighted by molar-refractivity contribution is 9.10. The van der Waals surface area contributed by atoms with E-state index >= 15 is 0 Å². The van der Waals surface area contributed by atoms with Gasteiger partial charge in [0.1, 0.15) is 5.76 Å². The predicted molar refractivity (Wildman–Crippen MR) is 132 cm³/mol. The molecule has 8 nitrogen and oxygen atoms in total. The van der Waals surface area contributed by atoms with Crippen molar-refractivity contribution in [2.24, 2.45) is 0 Å². The van der Waals surface area contributed by atoms with Crippen molar-refractivity contribution in [3.63, 3.8) is 0 Å². The van der Waals surface area contributed by atoms with E-state index in [4.69, 9.17) is 9.72 Å². The average Bonchev–Trinajstić information content (AvgIpc) is 3.61. The maximum absolute atomic E-state index is 13.1. The van der Waals surface area contributed by atoms with Gasteiger partial charge in [0.2, 0.25) is 5.95 Å². The number of nitrogens with one attached hydrogen (secondary N) is 1. The van der Waals surface area contributed by atoms with Crippen LogP contribution < -0.4 is 5.32 Å². The van der Waals surface area contributed by atoms with Crippen molar-refractivity contribution in [1.29, 1.82) is 0 Å². The Balaban J connectivity index is 1.78. The van der Waals surface area contributed by atoms with Crippen LogP contribution in [0.15, 0.2) is 76.8 Å². The molecular weight excluding hydrogens is 505 g/mol. The summed E-state index contributed by atoms with van der Waals surface area (Å²) in [5, 5.41) is 15.2. The summed E-state index contributed by atoms with van der Waals surface area (Å²) in [6.45, 7) is 3.81. The molecule has 0 aliphatic heterocycles. The SMILES string of the molecule is C\C=C(OCC)/C(=C\C(=C\F)[N+](=O)[O-])Nc1ncc(Br)c(-c2cn(C3CC3)c3ccccc23)n1. The second-order valence-corrected chi connectivity index (χ2v) is 8.50. The molecule has 1 saturated carbocycles. The minimum Gasteiger partial charge on any atom is -0.492 e. The van der Waals surface area contributed by atoms with Gasteiger partial charge in [0.25, 0.3) is 5.70 Å². The van der Waals surface area contributed by atoms with Gasteiger partial charge < -0.3 is 14.6 Å². The number of nitro groups is 1. The molecule has 0 unspecified atom stereocenters. The highest BCUT2D eigenvalue weighted by Crippen LogP contribution is 2.42. The summed E-state index contributed by atoms with van der Waals surface area (Å²) in [5.74, 6) is 0.496. The van der Waals surface area contributed by atoms with Crippen LogP contribution in [0.5, 0.6) is 0 Å². The van der Waals surface area contributed by atoms with E-state index in [1.54, 1.807) is 26.1 Å². The van der Waals surface area contributed by atoms with E-state index in [-0.39, 0.29) is 18.0 Å². The molecule has 0 radical (unpaired) electrons. The topological polar surface area (TPSA) is 95.1 Å². The standard InChI is InChI=1S/C24H23BrFN5O3/c1-3-22(34-4-2)20(11-16(12-26)31(32)33)28-24-27-13-19(25)23(29-24)18-14-30(15-9-10-15)21-8-6-5-7-17(18)21/h3,5-8,11-15H,4,9-10H2,1-2H3,(H,27,28,29)/b16-12-,20-11+,22-3+. The third-order valence-electron chi connectivity index (χ3n) is 5.37. The molecular formula is C24H23BrFN5O3. The van der Waals surface area contributed by atoms with Gasteiger partial charge in [-0.3, -0.25) is 10.1 Å². The summed E-state index contributed by atoms with van der Waals surface area (Å²) < 4.78 is 21.7. The van der Waals surface area contributed by atoms with E-state index in [1.807, 2.05) is 12.1 Å². The molecule has 3 aromatic rings. The van der Waals surface area contributed by atoms with E-state index in [1.165, 1.54) is 0 Å². The zero-order valence-electron chi connectivity index (χ0n) is 18.7. The predicted octanol–water partition coefficient (Wildman–Crippen LogP) is 6.52. The molecule has 4 rings (SSSR count). The molecule has 1 aromatic carbocycles. The fraction of sp³-hybridized carbons (Fsp3) is 0.250. The summed E-state index contributed by atoms with van der Waals surface area (Å²) in [7, 11) is 0. The van der Waals surface area contributed by atoms with Crippen molar-refractivity contribution >= 4 is 32.8 Å². The molecule has 10 heteroatoms. The van der Waals surface area contributed by atoms with E-state index < -0.39 is 10.6 Å². The van der Waals surface area contributed by atoms with Crippen molar-refractivity contribution in [2.75, 3.05) is 11.9 Å². The molecule has 0 atom stereocenters. The van der Waals surface area contributed by atoms with Crippen LogP contribution in [0.25, 0.3) is 22.2 Å². The number of aromatic nitrogens is 3. The number of benzene rings is 1. The molecule has 1 N–H and O–H groups in total. The Bertz CT molecular complexity index is 1330. The Morgan fingerprint density at radius 1 is 1.41 bits per heavy atom. The zero-order chi connectivity index (χ0) is 24.2. The fourth-order valence-electron chi connectivity index (χ4n) is 3.70. The maximum Gasteiger partial charge on any atom is 0.299 e. The number of anilines is 1. The lowest BCUT2D eigenvalue weighted by atomic mass is 10.1. The van der Waals surface area contributed by atoms with E-state index in [2.05, 4.69) is 49.1 Å². The van der Waals surface area contributed by atoms with Gasteiger partial charge >= 0.3 is 0 Å². The Hall–Kier alpha value is -3.53. The van der Waals surface area contributed by atoms with Crippen LogP contribution in [0.1, 0.15) is 32.7 Å². The third kappa shape index (κ3) is 4.86. The van der Waals surface area contributed by atoms with Crippen LogP contribution in [-0.4, -0.2) is 26.1 Å². The molecule has 34 heavy (non-hydrogen) atoms. The van der Waals surface area contributed by atoms with E-state index in [0.717, 1.165) is 35.4 Å². The van der Waals surface area contributed by atoms with Gasteiger partial charge in [0, 0.05) is 41.0 Å². The Morgan fingerprint density at radius 3 is 2.82 bits per heavy atom. The maximum atomic E-state index is 13.1. The summed E-state index contributed by atoms with van der Waals surface area (Å²) in [6.07, 6.45) is 8.62. The first kappa shape index (κ1) is 23.6. The number of fused-ring (bicyclic) bond motifs is 1. The molecule has 1 aliphatic rings. The number of hydrogen-bond donors (Lipinski definition) is 1. The van der Waals surface area contributed by atoms with Crippen LogP contribution in [0.2, 0.25) is 0 Å². The van der Waals surface area contributed by atoms with Gasteiger partial charge in [0.15, 0.2) is 6.33 Å². The summed E-state index contributed by atoms with van der Waals surface area (Å²) in [5.41, 5.74) is 2.18. The Morgan fingerprint density at radius 2 is 2.18 bits per heavy atom. The summed E-state index contributed by atoms with van der Waals surface area (Å²) in [6, 6.07) is 8.64. The lowest BCUT2D eigenvalue weighted by molar-refractivity contribution is -0.420. The van der Waals surface area contributed by atoms with Crippen molar-refractivity contribution in [3.05, 3.63) is 86.9 Å². The normalized spacial score (nSPS) is 15.0. The molecule has 1 aliphatic carbocycles. The first-order valence-electron chi connectivity index (χ1n) is 10.8. The van der Waals surface area contributed by atoms with Crippen LogP contribution >= 0.6 is 15.9 Å². The van der Waals surface area contributed by atoms with Gasteiger partial charge in [-0.15, -0.1) is 0 Å². The van der Waals surface area contributed by atoms with Crippen LogP contribution in [0.4, 0.5) is 10.3 Å². The van der Waals surface area contributed by atoms with Crippen LogP contribution in [0.3, 0.4) is 0 Å². The van der Waals surface area contributed by atoms with Gasteiger partial charge in [-0.2, -0.15) is 0 Å². The summed E-state index contributed by atoms with van der Waals surface area (Å²) >= 11 is 3.56. The zero-order valence-corrected chi connectivity index (χ0v) is 20.3. The molecule has 0 bridgehead atoms. The molecule has 176 valence electrons. The van der Waals surface area contributed by atoms with E-state index in [0.29, 0.717) is 28.6 Å². The van der Waals surface area contributed by atoms with E-state index in [9.17, 15) is 14.5 Å². The number of ether oxygens (including phenoxy) is 1. The first-order chi connectivity index (χ1) is 16.5. The highest BCUT2D eigenvalue weighted by Gasteiger charge is 2.27. The van der Waals surface area contributed by atoms with Gasteiger partial charge in [-0.05, 0) is 54.8 Å². The molecule has 0 amide bonds. The van der Waals surface area contributed by atoms with Crippen molar-refractivity contribution in [3.8, 4) is 11.3 Å². The number of hydrogen-bond acceptors (Lipinski definition) is 6. The Kier molecular flexibility index (Phi) is 7.06. The summed E-state index contributed by atoms with van der Waals surface area (Å²) in [4.78, 5) is 19.4. The van der Waals surface area contributed by atoms with Gasteiger partial charge in [-0.1, -0.05) is 18.2 Å². The minimum atomic E-state index is -0.818. The van der Waals surface area contributed by atoms with Gasteiger partial charge in [-0.25, -0.2) is 14.4 Å². The molecule has 1 fully saturated rings. The molecule has 2 heterocycles. The average molecular weight is 528 g/mol. The lowest BCUT2D eigenvalue weighted by Crippen LogP contribution is -2.10. The van der Waals surface area contributed by atoms with Gasteiger partial charge in [0.05, 0.1) is 27.4 Å². The number of para-hydroxylation sites is 1. The van der Waals surface area contributed by atoms with Crippen molar-refractivity contribution in [2.45, 2.75) is 32.7 Å². The monoisotopic (exact) mass is 527 g/mol. The lowest BCUT2D eigenvalue weighted by Gasteiger charge is -2.14. The van der Waals surface area contributed by atoms with Crippen LogP contribution in [0, 0.1) is 10.1 Å². The van der Waals surface area contributed by atoms with Crippen molar-refractivity contribution in [1.82, 2.24) is 14.5 Å². The second-order valence-electron chi connectivity index (χ2n) is 7.65. The molecule has 0 spiro atoms. The molecule has 2 aromatic heterocycles.